The average molecular weight is 307 g/mol. The summed E-state index contributed by atoms with van der Waals surface area (Å²) in [5.74, 6) is -1.35. The maximum absolute atomic E-state index is 13.7. The van der Waals surface area contributed by atoms with E-state index in [1.54, 1.807) is 0 Å². The Kier molecular flexibility index (Phi) is 3.82. The largest absolute Gasteiger partial charge is 0.462 e. The van der Waals surface area contributed by atoms with E-state index in [0.717, 1.165) is 25.0 Å². The molecule has 0 N–H and O–H groups in total. The number of rotatable bonds is 4. The van der Waals surface area contributed by atoms with E-state index in [1.165, 1.54) is 6.92 Å². The number of halogens is 2. The molecule has 104 valence electrons. The second-order valence-corrected chi connectivity index (χ2v) is 7.11. The summed E-state index contributed by atoms with van der Waals surface area (Å²) < 4.78 is 41.2. The van der Waals surface area contributed by atoms with Gasteiger partial charge in [-0.05, 0) is 43.4 Å². The van der Waals surface area contributed by atoms with Gasteiger partial charge in [-0.15, -0.1) is 0 Å². The van der Waals surface area contributed by atoms with Gasteiger partial charge in [-0.25, -0.2) is 17.6 Å². The molecule has 2 rings (SSSR count). The van der Waals surface area contributed by atoms with Gasteiger partial charge < -0.3 is 4.74 Å². The van der Waals surface area contributed by atoms with E-state index in [0.29, 0.717) is 5.92 Å². The highest BCUT2D eigenvalue weighted by molar-refractivity contribution is 8.13. The van der Waals surface area contributed by atoms with Crippen molar-refractivity contribution in [3.05, 3.63) is 29.1 Å². The highest BCUT2D eigenvalue weighted by atomic mass is 35.7. The van der Waals surface area contributed by atoms with Crippen molar-refractivity contribution in [3.8, 4) is 0 Å². The van der Waals surface area contributed by atoms with Crippen molar-refractivity contribution in [2.75, 3.05) is 6.61 Å². The molecule has 0 aromatic heterocycles. The molecule has 0 atom stereocenters. The van der Waals surface area contributed by atoms with Gasteiger partial charge in [-0.3, -0.25) is 0 Å². The van der Waals surface area contributed by atoms with Gasteiger partial charge in [0.15, 0.2) is 0 Å². The number of aryl methyl sites for hydroxylation is 1. The molecule has 1 aliphatic rings. The van der Waals surface area contributed by atoms with Gasteiger partial charge in [-0.2, -0.15) is 0 Å². The van der Waals surface area contributed by atoms with Crippen LogP contribution in [0.25, 0.3) is 0 Å². The lowest BCUT2D eigenvalue weighted by atomic mass is 10.1. The van der Waals surface area contributed by atoms with E-state index >= 15 is 0 Å². The van der Waals surface area contributed by atoms with Crippen molar-refractivity contribution in [1.29, 1.82) is 0 Å². The van der Waals surface area contributed by atoms with Crippen LogP contribution in [0.2, 0.25) is 0 Å². The Bertz CT molecular complexity index is 623. The smallest absolute Gasteiger partial charge is 0.341 e. The number of hydrogen-bond acceptors (Lipinski definition) is 4. The molecule has 0 amide bonds. The van der Waals surface area contributed by atoms with Gasteiger partial charge in [0.1, 0.15) is 5.82 Å². The third kappa shape index (κ3) is 3.45. The Balaban J connectivity index is 2.30. The lowest BCUT2D eigenvalue weighted by Crippen LogP contribution is -2.11. The highest BCUT2D eigenvalue weighted by Gasteiger charge is 2.25. The summed E-state index contributed by atoms with van der Waals surface area (Å²) in [5.41, 5.74) is -0.267. The normalized spacial score (nSPS) is 15.3. The van der Waals surface area contributed by atoms with Crippen molar-refractivity contribution in [2.24, 2.45) is 5.92 Å². The maximum atomic E-state index is 13.7. The Morgan fingerprint density at radius 3 is 2.63 bits per heavy atom. The van der Waals surface area contributed by atoms with Gasteiger partial charge in [0.2, 0.25) is 0 Å². The first-order valence-corrected chi connectivity index (χ1v) is 8.02. The molecule has 1 aromatic carbocycles. The third-order valence-electron chi connectivity index (χ3n) is 2.89. The van der Waals surface area contributed by atoms with Crippen LogP contribution in [0.4, 0.5) is 4.39 Å². The molecule has 0 aliphatic heterocycles. The van der Waals surface area contributed by atoms with Crippen LogP contribution in [-0.2, 0) is 13.8 Å². The zero-order chi connectivity index (χ0) is 14.2. The van der Waals surface area contributed by atoms with Gasteiger partial charge in [0, 0.05) is 10.7 Å². The SMILES string of the molecule is Cc1cc(F)c(C(=O)OCC2CC2)cc1S(=O)(=O)Cl. The molecule has 0 saturated heterocycles. The molecule has 1 aliphatic carbocycles. The number of carbonyl (C=O) groups excluding carboxylic acids is 1. The number of benzene rings is 1. The van der Waals surface area contributed by atoms with E-state index < -0.39 is 26.4 Å². The molecule has 7 heteroatoms. The number of esters is 1. The Labute approximate surface area is 114 Å². The number of carbonyl (C=O) groups is 1. The Hall–Kier alpha value is -1.14. The quantitative estimate of drug-likeness (QED) is 0.634. The fourth-order valence-electron chi connectivity index (χ4n) is 1.63. The Morgan fingerprint density at radius 2 is 2.11 bits per heavy atom. The first-order valence-electron chi connectivity index (χ1n) is 5.71. The molecule has 0 heterocycles. The fraction of sp³-hybridized carbons (Fsp3) is 0.417. The Morgan fingerprint density at radius 1 is 1.47 bits per heavy atom. The van der Waals surface area contributed by atoms with Gasteiger partial charge in [-0.1, -0.05) is 0 Å². The molecule has 0 spiro atoms. The average Bonchev–Trinajstić information content (AvgIpc) is 3.07. The van der Waals surface area contributed by atoms with Crippen LogP contribution >= 0.6 is 10.7 Å². The van der Waals surface area contributed by atoms with Crippen molar-refractivity contribution in [3.63, 3.8) is 0 Å². The van der Waals surface area contributed by atoms with E-state index in [4.69, 9.17) is 15.4 Å². The molecule has 0 bridgehead atoms. The molecule has 1 fully saturated rings. The summed E-state index contributed by atoms with van der Waals surface area (Å²) in [4.78, 5) is 11.4. The minimum absolute atomic E-state index is 0.145. The van der Waals surface area contributed by atoms with E-state index in [9.17, 15) is 17.6 Å². The summed E-state index contributed by atoms with van der Waals surface area (Å²) in [6, 6.07) is 1.88. The molecular formula is C12H12ClFO4S. The lowest BCUT2D eigenvalue weighted by Gasteiger charge is -2.08. The molecule has 0 unspecified atom stereocenters. The zero-order valence-corrected chi connectivity index (χ0v) is 11.7. The van der Waals surface area contributed by atoms with Crippen LogP contribution < -0.4 is 0 Å². The van der Waals surface area contributed by atoms with Crippen molar-refractivity contribution in [1.82, 2.24) is 0 Å². The molecule has 0 radical (unpaired) electrons. The summed E-state index contributed by atoms with van der Waals surface area (Å²) in [5, 5.41) is 0. The second-order valence-electron chi connectivity index (χ2n) is 4.58. The van der Waals surface area contributed by atoms with Crippen molar-refractivity contribution >= 4 is 25.7 Å². The van der Waals surface area contributed by atoms with Gasteiger partial charge >= 0.3 is 5.97 Å². The first kappa shape index (κ1) is 14.3. The van der Waals surface area contributed by atoms with Gasteiger partial charge in [0.05, 0.1) is 17.1 Å². The molecule has 1 saturated carbocycles. The van der Waals surface area contributed by atoms with E-state index in [1.807, 2.05) is 0 Å². The minimum atomic E-state index is -4.03. The molecule has 4 nitrogen and oxygen atoms in total. The van der Waals surface area contributed by atoms with Crippen LogP contribution in [-0.4, -0.2) is 21.0 Å². The predicted octanol–water partition coefficient (Wildman–Crippen LogP) is 2.63. The highest BCUT2D eigenvalue weighted by Crippen LogP contribution is 2.29. The third-order valence-corrected chi connectivity index (χ3v) is 4.36. The molecule has 19 heavy (non-hydrogen) atoms. The van der Waals surface area contributed by atoms with Crippen LogP contribution in [0, 0.1) is 18.7 Å². The monoisotopic (exact) mass is 306 g/mol. The van der Waals surface area contributed by atoms with Crippen LogP contribution in [0.1, 0.15) is 28.8 Å². The van der Waals surface area contributed by atoms with E-state index in [-0.39, 0.29) is 17.1 Å². The van der Waals surface area contributed by atoms with Crippen LogP contribution in [0.3, 0.4) is 0 Å². The summed E-state index contributed by atoms with van der Waals surface area (Å²) >= 11 is 0. The predicted molar refractivity (Wildman–Crippen MR) is 67.2 cm³/mol. The van der Waals surface area contributed by atoms with Crippen LogP contribution in [0.15, 0.2) is 17.0 Å². The van der Waals surface area contributed by atoms with Crippen molar-refractivity contribution in [2.45, 2.75) is 24.7 Å². The minimum Gasteiger partial charge on any atom is -0.462 e. The molecule has 1 aromatic rings. The lowest BCUT2D eigenvalue weighted by molar-refractivity contribution is 0.0480. The fourth-order valence-corrected chi connectivity index (χ4v) is 2.83. The summed E-state index contributed by atoms with van der Waals surface area (Å²) in [6.07, 6.45) is 1.98. The standard InChI is InChI=1S/C12H12ClFO4S/c1-7-4-10(14)9(5-11(7)19(13,16)17)12(15)18-6-8-2-3-8/h4-5,8H,2-3,6H2,1H3. The number of hydrogen-bond donors (Lipinski definition) is 0. The summed E-state index contributed by atoms with van der Waals surface area (Å²) in [6.45, 7) is 1.63. The molecular weight excluding hydrogens is 295 g/mol. The number of ether oxygens (including phenoxy) is 1. The zero-order valence-electron chi connectivity index (χ0n) is 10.2. The van der Waals surface area contributed by atoms with E-state index in [2.05, 4.69) is 0 Å². The second kappa shape index (κ2) is 5.09. The first-order chi connectivity index (χ1) is 8.79. The van der Waals surface area contributed by atoms with Crippen LogP contribution in [0.5, 0.6) is 0 Å². The topological polar surface area (TPSA) is 60.4 Å². The van der Waals surface area contributed by atoms with Gasteiger partial charge in [0.25, 0.3) is 9.05 Å². The summed E-state index contributed by atoms with van der Waals surface area (Å²) in [7, 11) is 1.20. The maximum Gasteiger partial charge on any atom is 0.341 e. The van der Waals surface area contributed by atoms with Crippen molar-refractivity contribution < 1.29 is 22.3 Å².